The lowest BCUT2D eigenvalue weighted by molar-refractivity contribution is -0.133. The monoisotopic (exact) mass is 452 g/mol. The SMILES string of the molecule is CC(C)(C)NC(=O)[C@]1(C)CN(C(=O)OC(C)(C)C)C[C@@H]1CCCB1OC(C)(C)C(C)(C)O1. The zero-order valence-corrected chi connectivity index (χ0v) is 22.2. The van der Waals surface area contributed by atoms with Crippen LogP contribution in [0.1, 0.15) is 89.0 Å². The molecule has 2 atom stereocenters. The van der Waals surface area contributed by atoms with Gasteiger partial charge in [-0.1, -0.05) is 6.42 Å². The number of ether oxygens (including phenoxy) is 1. The van der Waals surface area contributed by atoms with Crippen molar-refractivity contribution in [2.75, 3.05) is 13.1 Å². The first kappa shape index (κ1) is 27.0. The molecule has 2 fully saturated rings. The van der Waals surface area contributed by atoms with Gasteiger partial charge < -0.3 is 24.3 Å². The molecule has 0 aromatic rings. The van der Waals surface area contributed by atoms with Gasteiger partial charge in [-0.15, -0.1) is 0 Å². The zero-order chi connectivity index (χ0) is 24.8. The van der Waals surface area contributed by atoms with Gasteiger partial charge in [0, 0.05) is 18.6 Å². The van der Waals surface area contributed by atoms with E-state index in [1.54, 1.807) is 4.90 Å². The standard InChI is InChI=1S/C24H45BN2O5/c1-20(2,3)26-18(28)24(11)16-27(19(29)30-21(4,5)6)15-17(24)13-12-14-25-31-22(7,8)23(9,10)32-25/h17H,12-16H2,1-11H3,(H,26,28)/t17-,24+/m0/s1. The molecule has 0 unspecified atom stereocenters. The number of hydrogen-bond acceptors (Lipinski definition) is 5. The van der Waals surface area contributed by atoms with E-state index < -0.39 is 11.0 Å². The summed E-state index contributed by atoms with van der Waals surface area (Å²) in [7, 11) is -0.252. The highest BCUT2D eigenvalue weighted by Gasteiger charge is 2.52. The van der Waals surface area contributed by atoms with Crippen LogP contribution in [0, 0.1) is 11.3 Å². The highest BCUT2D eigenvalue weighted by Crippen LogP contribution is 2.42. The quantitative estimate of drug-likeness (QED) is 0.615. The van der Waals surface area contributed by atoms with Crippen molar-refractivity contribution in [3.05, 3.63) is 0 Å². The van der Waals surface area contributed by atoms with Crippen molar-refractivity contribution in [1.82, 2.24) is 10.2 Å². The number of amides is 2. The molecule has 8 heteroatoms. The minimum absolute atomic E-state index is 0.0170. The molecule has 2 heterocycles. The van der Waals surface area contributed by atoms with Crippen LogP contribution in [0.2, 0.25) is 6.32 Å². The summed E-state index contributed by atoms with van der Waals surface area (Å²) in [4.78, 5) is 27.7. The molecule has 2 aliphatic rings. The topological polar surface area (TPSA) is 77.1 Å². The summed E-state index contributed by atoms with van der Waals surface area (Å²) >= 11 is 0. The first-order valence-electron chi connectivity index (χ1n) is 11.9. The first-order valence-corrected chi connectivity index (χ1v) is 11.9. The van der Waals surface area contributed by atoms with Crippen LogP contribution in [-0.2, 0) is 18.8 Å². The van der Waals surface area contributed by atoms with Crippen molar-refractivity contribution in [3.63, 3.8) is 0 Å². The largest absolute Gasteiger partial charge is 0.457 e. The van der Waals surface area contributed by atoms with Crippen LogP contribution in [0.5, 0.6) is 0 Å². The van der Waals surface area contributed by atoms with Crippen molar-refractivity contribution in [3.8, 4) is 0 Å². The van der Waals surface area contributed by atoms with Gasteiger partial charge in [0.2, 0.25) is 5.91 Å². The molecule has 2 aliphatic heterocycles. The summed E-state index contributed by atoms with van der Waals surface area (Å²) in [6, 6.07) is 0. The number of carbonyl (C=O) groups is 2. The Morgan fingerprint density at radius 1 is 1.03 bits per heavy atom. The molecule has 1 N–H and O–H groups in total. The predicted octanol–water partition coefficient (Wildman–Crippen LogP) is 4.65. The highest BCUT2D eigenvalue weighted by molar-refractivity contribution is 6.45. The van der Waals surface area contributed by atoms with E-state index in [4.69, 9.17) is 14.0 Å². The maximum atomic E-state index is 13.3. The number of hydrogen-bond donors (Lipinski definition) is 1. The normalized spacial score (nSPS) is 27.5. The summed E-state index contributed by atoms with van der Waals surface area (Å²) in [6.07, 6.45) is 2.05. The van der Waals surface area contributed by atoms with Crippen LogP contribution in [0.3, 0.4) is 0 Å². The number of nitrogens with zero attached hydrogens (tertiary/aromatic N) is 1. The lowest BCUT2D eigenvalue weighted by Crippen LogP contribution is -2.51. The Morgan fingerprint density at radius 3 is 2.03 bits per heavy atom. The molecule has 0 aliphatic carbocycles. The second-order valence-electron chi connectivity index (χ2n) is 12.8. The average Bonchev–Trinajstić information content (AvgIpc) is 2.99. The van der Waals surface area contributed by atoms with Gasteiger partial charge in [-0.25, -0.2) is 4.79 Å². The Kier molecular flexibility index (Phi) is 7.44. The van der Waals surface area contributed by atoms with E-state index in [0.717, 1.165) is 19.2 Å². The van der Waals surface area contributed by atoms with Crippen LogP contribution < -0.4 is 5.32 Å². The summed E-state index contributed by atoms with van der Waals surface area (Å²) in [5.41, 5.74) is -2.29. The van der Waals surface area contributed by atoms with Crippen molar-refractivity contribution in [2.45, 2.75) is 118 Å². The number of likely N-dealkylation sites (tertiary alicyclic amines) is 1. The number of rotatable bonds is 5. The lowest BCUT2D eigenvalue weighted by Gasteiger charge is -2.33. The van der Waals surface area contributed by atoms with E-state index in [9.17, 15) is 9.59 Å². The molecule has 0 aromatic carbocycles. The fraction of sp³-hybridized carbons (Fsp3) is 0.917. The summed E-state index contributed by atoms with van der Waals surface area (Å²) in [5.74, 6) is 0.0106. The van der Waals surface area contributed by atoms with Crippen molar-refractivity contribution < 1.29 is 23.6 Å². The van der Waals surface area contributed by atoms with Gasteiger partial charge >= 0.3 is 13.2 Å². The summed E-state index contributed by atoms with van der Waals surface area (Å²) in [6.45, 7) is 22.5. The van der Waals surface area contributed by atoms with Crippen molar-refractivity contribution in [1.29, 1.82) is 0 Å². The maximum absolute atomic E-state index is 13.3. The summed E-state index contributed by atoms with van der Waals surface area (Å²) < 4.78 is 17.8. The molecule has 0 bridgehead atoms. The fourth-order valence-electron chi connectivity index (χ4n) is 4.29. The second-order valence-corrected chi connectivity index (χ2v) is 12.8. The zero-order valence-electron chi connectivity index (χ0n) is 22.2. The second kappa shape index (κ2) is 8.82. The van der Waals surface area contributed by atoms with E-state index in [0.29, 0.717) is 13.1 Å². The van der Waals surface area contributed by atoms with E-state index in [2.05, 4.69) is 33.0 Å². The van der Waals surface area contributed by atoms with Crippen LogP contribution in [0.15, 0.2) is 0 Å². The molecule has 0 aromatic heterocycles. The van der Waals surface area contributed by atoms with Crippen LogP contribution >= 0.6 is 0 Å². The van der Waals surface area contributed by atoms with Gasteiger partial charge in [-0.3, -0.25) is 4.79 Å². The Labute approximate surface area is 195 Å². The van der Waals surface area contributed by atoms with Gasteiger partial charge in [-0.2, -0.15) is 0 Å². The van der Waals surface area contributed by atoms with Crippen LogP contribution in [-0.4, -0.2) is 59.5 Å². The predicted molar refractivity (Wildman–Crippen MR) is 127 cm³/mol. The Morgan fingerprint density at radius 2 is 1.56 bits per heavy atom. The summed E-state index contributed by atoms with van der Waals surface area (Å²) in [5, 5.41) is 3.13. The van der Waals surface area contributed by atoms with E-state index in [1.807, 2.05) is 48.5 Å². The maximum Gasteiger partial charge on any atom is 0.457 e. The molecule has 7 nitrogen and oxygen atoms in total. The van der Waals surface area contributed by atoms with E-state index >= 15 is 0 Å². The van der Waals surface area contributed by atoms with Gasteiger partial charge in [0.05, 0.1) is 16.6 Å². The molecule has 2 rings (SSSR count). The van der Waals surface area contributed by atoms with Gasteiger partial charge in [0.1, 0.15) is 5.60 Å². The number of nitrogens with one attached hydrogen (secondary N) is 1. The first-order chi connectivity index (χ1) is 14.3. The van der Waals surface area contributed by atoms with Crippen molar-refractivity contribution in [2.24, 2.45) is 11.3 Å². The van der Waals surface area contributed by atoms with E-state index in [1.165, 1.54) is 0 Å². The number of carbonyl (C=O) groups excluding carboxylic acids is 2. The lowest BCUT2D eigenvalue weighted by atomic mass is 9.73. The molecule has 0 radical (unpaired) electrons. The molecule has 0 spiro atoms. The highest BCUT2D eigenvalue weighted by atomic mass is 16.7. The van der Waals surface area contributed by atoms with Gasteiger partial charge in [-0.05, 0) is 94.8 Å². The molecule has 32 heavy (non-hydrogen) atoms. The minimum atomic E-state index is -0.680. The third-order valence-electron chi connectivity index (χ3n) is 6.81. The molecule has 0 saturated carbocycles. The van der Waals surface area contributed by atoms with E-state index in [-0.39, 0.29) is 41.8 Å². The fourth-order valence-corrected chi connectivity index (χ4v) is 4.29. The van der Waals surface area contributed by atoms with Crippen molar-refractivity contribution >= 4 is 19.1 Å². The third-order valence-corrected chi connectivity index (χ3v) is 6.81. The molecular formula is C24H45BN2O5. The Balaban J connectivity index is 2.08. The third kappa shape index (κ3) is 6.40. The molecule has 2 saturated heterocycles. The van der Waals surface area contributed by atoms with Crippen LogP contribution in [0.4, 0.5) is 4.79 Å². The Bertz CT molecular complexity index is 694. The smallest absolute Gasteiger partial charge is 0.444 e. The average molecular weight is 452 g/mol. The Hall–Kier alpha value is -1.28. The van der Waals surface area contributed by atoms with Gasteiger partial charge in [0.15, 0.2) is 0 Å². The van der Waals surface area contributed by atoms with Crippen LogP contribution in [0.25, 0.3) is 0 Å². The molecule has 184 valence electrons. The minimum Gasteiger partial charge on any atom is -0.444 e. The van der Waals surface area contributed by atoms with Gasteiger partial charge in [0.25, 0.3) is 0 Å². The molecular weight excluding hydrogens is 407 g/mol. The molecule has 2 amide bonds.